The number of esters is 1. The minimum absolute atomic E-state index is 0.00999. The average molecular weight is 284 g/mol. The molecule has 0 bridgehead atoms. The van der Waals surface area contributed by atoms with Crippen molar-refractivity contribution in [2.45, 2.75) is 33.1 Å². The molecule has 2 rings (SSSR count). The number of phenols is 1. The van der Waals surface area contributed by atoms with Gasteiger partial charge in [0.25, 0.3) is 0 Å². The van der Waals surface area contributed by atoms with Gasteiger partial charge in [-0.05, 0) is 41.7 Å². The van der Waals surface area contributed by atoms with Gasteiger partial charge in [0.05, 0.1) is 5.56 Å². The highest BCUT2D eigenvalue weighted by Crippen LogP contribution is 2.36. The zero-order chi connectivity index (χ0) is 15.6. The quantitative estimate of drug-likeness (QED) is 0.663. The Labute approximate surface area is 125 Å². The lowest BCUT2D eigenvalue weighted by Crippen LogP contribution is -2.13. The van der Waals surface area contributed by atoms with Crippen molar-refractivity contribution in [3.63, 3.8) is 0 Å². The summed E-state index contributed by atoms with van der Waals surface area (Å²) in [5.74, 6) is -0.265. The second-order valence-electron chi connectivity index (χ2n) is 6.15. The Hall–Kier alpha value is -2.29. The number of hydrogen-bond donors (Lipinski definition) is 1. The molecule has 3 heteroatoms. The van der Waals surface area contributed by atoms with Crippen LogP contribution in [-0.2, 0) is 5.41 Å². The van der Waals surface area contributed by atoms with Crippen LogP contribution < -0.4 is 4.74 Å². The maximum absolute atomic E-state index is 12.1. The fraction of sp³-hybridized carbons (Fsp3) is 0.278. The number of hydrogen-bond acceptors (Lipinski definition) is 3. The molecule has 0 atom stereocenters. The summed E-state index contributed by atoms with van der Waals surface area (Å²) in [5, 5.41) is 10.2. The second-order valence-corrected chi connectivity index (χ2v) is 6.15. The SMILES string of the molecule is Cc1cc(C(C)(C)C)cc(O)c1OC(=O)c1ccccc1. The van der Waals surface area contributed by atoms with Gasteiger partial charge >= 0.3 is 5.97 Å². The molecule has 0 heterocycles. The third-order valence-electron chi connectivity index (χ3n) is 3.33. The lowest BCUT2D eigenvalue weighted by Gasteiger charge is -2.21. The van der Waals surface area contributed by atoms with Crippen molar-refractivity contribution in [1.29, 1.82) is 0 Å². The minimum Gasteiger partial charge on any atom is -0.504 e. The number of aryl methyl sites for hydroxylation is 1. The van der Waals surface area contributed by atoms with Crippen LogP contribution in [-0.4, -0.2) is 11.1 Å². The van der Waals surface area contributed by atoms with Crippen molar-refractivity contribution in [3.8, 4) is 11.5 Å². The van der Waals surface area contributed by atoms with Crippen molar-refractivity contribution in [2.75, 3.05) is 0 Å². The Kier molecular flexibility index (Phi) is 4.03. The van der Waals surface area contributed by atoms with E-state index in [1.54, 1.807) is 30.3 Å². The Bertz CT molecular complexity index is 629. The first kappa shape index (κ1) is 15.1. The van der Waals surface area contributed by atoms with E-state index in [1.165, 1.54) is 0 Å². The molecule has 0 aliphatic heterocycles. The first-order valence-electron chi connectivity index (χ1n) is 6.90. The van der Waals surface area contributed by atoms with Gasteiger partial charge in [0.2, 0.25) is 0 Å². The number of carbonyl (C=O) groups excluding carboxylic acids is 1. The molecule has 0 unspecified atom stereocenters. The Morgan fingerprint density at radius 3 is 2.24 bits per heavy atom. The van der Waals surface area contributed by atoms with Crippen molar-refractivity contribution in [2.24, 2.45) is 0 Å². The van der Waals surface area contributed by atoms with Gasteiger partial charge in [0.15, 0.2) is 11.5 Å². The summed E-state index contributed by atoms with van der Waals surface area (Å²) in [6.07, 6.45) is 0. The minimum atomic E-state index is -0.475. The van der Waals surface area contributed by atoms with Crippen molar-refractivity contribution < 1.29 is 14.6 Å². The van der Waals surface area contributed by atoms with Gasteiger partial charge in [-0.3, -0.25) is 0 Å². The fourth-order valence-electron chi connectivity index (χ4n) is 2.05. The predicted molar refractivity (Wildman–Crippen MR) is 82.9 cm³/mol. The van der Waals surface area contributed by atoms with E-state index in [1.807, 2.05) is 19.1 Å². The molecule has 0 fully saturated rings. The molecule has 0 aromatic heterocycles. The smallest absolute Gasteiger partial charge is 0.343 e. The molecule has 0 radical (unpaired) electrons. The normalized spacial score (nSPS) is 11.2. The summed E-state index contributed by atoms with van der Waals surface area (Å²) < 4.78 is 5.34. The molecule has 110 valence electrons. The highest BCUT2D eigenvalue weighted by molar-refractivity contribution is 5.91. The third-order valence-corrected chi connectivity index (χ3v) is 3.33. The predicted octanol–water partition coefficient (Wildman–Crippen LogP) is 4.22. The van der Waals surface area contributed by atoms with Crippen molar-refractivity contribution in [1.82, 2.24) is 0 Å². The average Bonchev–Trinajstić information content (AvgIpc) is 2.42. The van der Waals surface area contributed by atoms with Crippen LogP contribution in [0.5, 0.6) is 11.5 Å². The van der Waals surface area contributed by atoms with E-state index in [2.05, 4.69) is 20.8 Å². The summed E-state index contributed by atoms with van der Waals surface area (Å²) in [4.78, 5) is 12.1. The maximum Gasteiger partial charge on any atom is 0.343 e. The molecule has 2 aromatic carbocycles. The highest BCUT2D eigenvalue weighted by atomic mass is 16.5. The Morgan fingerprint density at radius 2 is 1.71 bits per heavy atom. The molecule has 2 aromatic rings. The molecule has 0 saturated heterocycles. The van der Waals surface area contributed by atoms with Gasteiger partial charge < -0.3 is 9.84 Å². The maximum atomic E-state index is 12.1. The van der Waals surface area contributed by atoms with Gasteiger partial charge in [-0.1, -0.05) is 45.0 Å². The van der Waals surface area contributed by atoms with E-state index < -0.39 is 5.97 Å². The van der Waals surface area contributed by atoms with Crippen LogP contribution in [0.2, 0.25) is 0 Å². The molecular formula is C18H20O3. The molecule has 1 N–H and O–H groups in total. The lowest BCUT2D eigenvalue weighted by molar-refractivity contribution is 0.0728. The monoisotopic (exact) mass is 284 g/mol. The van der Waals surface area contributed by atoms with E-state index in [4.69, 9.17) is 4.74 Å². The summed E-state index contributed by atoms with van der Waals surface area (Å²) in [6, 6.07) is 12.3. The zero-order valence-corrected chi connectivity index (χ0v) is 12.8. The van der Waals surface area contributed by atoms with Crippen LogP contribution in [0.3, 0.4) is 0 Å². The molecule has 21 heavy (non-hydrogen) atoms. The third kappa shape index (κ3) is 3.43. The zero-order valence-electron chi connectivity index (χ0n) is 12.8. The van der Waals surface area contributed by atoms with Crippen LogP contribution in [0.4, 0.5) is 0 Å². The van der Waals surface area contributed by atoms with Gasteiger partial charge in [0, 0.05) is 0 Å². The number of carbonyl (C=O) groups is 1. The van der Waals surface area contributed by atoms with Crippen molar-refractivity contribution in [3.05, 3.63) is 59.2 Å². The van der Waals surface area contributed by atoms with E-state index in [-0.39, 0.29) is 16.9 Å². The number of phenolic OH excluding ortho intramolecular Hbond substituents is 1. The Balaban J connectivity index is 2.32. The molecule has 0 aliphatic carbocycles. The number of ether oxygens (including phenoxy) is 1. The summed E-state index contributed by atoms with van der Waals surface area (Å²) >= 11 is 0. The van der Waals surface area contributed by atoms with Crippen molar-refractivity contribution >= 4 is 5.97 Å². The summed E-state index contributed by atoms with van der Waals surface area (Å²) in [6.45, 7) is 8.02. The first-order valence-corrected chi connectivity index (χ1v) is 6.90. The van der Waals surface area contributed by atoms with E-state index >= 15 is 0 Å². The summed E-state index contributed by atoms with van der Waals surface area (Å²) in [5.41, 5.74) is 2.11. The number of benzene rings is 2. The van der Waals surface area contributed by atoms with Gasteiger partial charge in [-0.25, -0.2) is 4.79 Å². The molecule has 3 nitrogen and oxygen atoms in total. The molecular weight excluding hydrogens is 264 g/mol. The van der Waals surface area contributed by atoms with Gasteiger partial charge in [0.1, 0.15) is 0 Å². The van der Waals surface area contributed by atoms with E-state index in [0.29, 0.717) is 5.56 Å². The van der Waals surface area contributed by atoms with Crippen LogP contribution in [0.25, 0.3) is 0 Å². The number of rotatable bonds is 2. The van der Waals surface area contributed by atoms with Crippen LogP contribution in [0.15, 0.2) is 42.5 Å². The number of aromatic hydroxyl groups is 1. The van der Waals surface area contributed by atoms with Gasteiger partial charge in [-0.15, -0.1) is 0 Å². The highest BCUT2D eigenvalue weighted by Gasteiger charge is 2.20. The van der Waals surface area contributed by atoms with Gasteiger partial charge in [-0.2, -0.15) is 0 Å². The Morgan fingerprint density at radius 1 is 1.10 bits per heavy atom. The molecule has 0 aliphatic rings. The lowest BCUT2D eigenvalue weighted by atomic mass is 9.86. The second kappa shape index (κ2) is 5.60. The van der Waals surface area contributed by atoms with Crippen LogP contribution >= 0.6 is 0 Å². The van der Waals surface area contributed by atoms with E-state index in [9.17, 15) is 9.90 Å². The topological polar surface area (TPSA) is 46.5 Å². The largest absolute Gasteiger partial charge is 0.504 e. The molecule has 0 amide bonds. The van der Waals surface area contributed by atoms with Crippen LogP contribution in [0, 0.1) is 6.92 Å². The molecule has 0 saturated carbocycles. The van der Waals surface area contributed by atoms with Crippen LogP contribution in [0.1, 0.15) is 42.3 Å². The molecule has 0 spiro atoms. The first-order chi connectivity index (χ1) is 9.79. The standard InChI is InChI=1S/C18H20O3/c1-12-10-14(18(2,3)4)11-15(19)16(12)21-17(20)13-8-6-5-7-9-13/h5-11,19H,1-4H3. The summed E-state index contributed by atoms with van der Waals surface area (Å²) in [7, 11) is 0. The fourth-order valence-corrected chi connectivity index (χ4v) is 2.05. The van der Waals surface area contributed by atoms with E-state index in [0.717, 1.165) is 11.1 Å².